The van der Waals surface area contributed by atoms with Crippen molar-refractivity contribution in [1.82, 2.24) is 0 Å². The number of carbonyl (C=O) groups is 1. The summed E-state index contributed by atoms with van der Waals surface area (Å²) in [7, 11) is 0. The van der Waals surface area contributed by atoms with Crippen LogP contribution in [0.5, 0.6) is 0 Å². The number of anilines is 1. The molecule has 2 aromatic rings. The predicted octanol–water partition coefficient (Wildman–Crippen LogP) is 4.29. The Kier molecular flexibility index (Phi) is 4.79. The van der Waals surface area contributed by atoms with Crippen LogP contribution in [0.2, 0.25) is 0 Å². The van der Waals surface area contributed by atoms with Crippen LogP contribution in [0.15, 0.2) is 48.5 Å². The average molecular weight is 351 g/mol. The summed E-state index contributed by atoms with van der Waals surface area (Å²) >= 11 is 0. The highest BCUT2D eigenvalue weighted by atomic mass is 16.7. The molecule has 0 atom stereocenters. The zero-order valence-electron chi connectivity index (χ0n) is 15.2. The fourth-order valence-electron chi connectivity index (χ4n) is 3.81. The number of hydrogen-bond acceptors (Lipinski definition) is 4. The van der Waals surface area contributed by atoms with Gasteiger partial charge in [0.25, 0.3) is 0 Å². The van der Waals surface area contributed by atoms with Crippen molar-refractivity contribution < 1.29 is 14.3 Å². The van der Waals surface area contributed by atoms with Gasteiger partial charge >= 0.3 is 0 Å². The lowest BCUT2D eigenvalue weighted by Crippen LogP contribution is -2.45. The molecule has 136 valence electrons. The summed E-state index contributed by atoms with van der Waals surface area (Å²) in [6, 6.07) is 16.5. The highest BCUT2D eigenvalue weighted by molar-refractivity contribution is 5.96. The second kappa shape index (κ2) is 7.22. The third kappa shape index (κ3) is 3.39. The molecule has 2 aliphatic heterocycles. The van der Waals surface area contributed by atoms with Gasteiger partial charge in [0.15, 0.2) is 11.6 Å². The summed E-state index contributed by atoms with van der Waals surface area (Å²) in [4.78, 5) is 14.1. The van der Waals surface area contributed by atoms with Gasteiger partial charge in [-0.05, 0) is 23.3 Å². The molecule has 2 fully saturated rings. The molecule has 0 amide bonds. The Hall–Kier alpha value is -2.17. The molecular weight excluding hydrogens is 326 g/mol. The lowest BCUT2D eigenvalue weighted by Gasteiger charge is -2.38. The smallest absolute Gasteiger partial charge is 0.171 e. The van der Waals surface area contributed by atoms with Crippen LogP contribution in [-0.4, -0.2) is 37.9 Å². The third-order valence-corrected chi connectivity index (χ3v) is 5.43. The van der Waals surface area contributed by atoms with Gasteiger partial charge in [0.1, 0.15) is 0 Å². The van der Waals surface area contributed by atoms with Crippen LogP contribution in [-0.2, 0) is 9.47 Å². The van der Waals surface area contributed by atoms with E-state index in [1.165, 1.54) is 11.3 Å². The van der Waals surface area contributed by atoms with Crippen molar-refractivity contribution in [2.75, 3.05) is 31.2 Å². The van der Waals surface area contributed by atoms with Gasteiger partial charge in [-0.15, -0.1) is 0 Å². The first-order chi connectivity index (χ1) is 12.7. The van der Waals surface area contributed by atoms with E-state index in [-0.39, 0.29) is 11.6 Å². The molecule has 0 N–H and O–H groups in total. The second-order valence-corrected chi connectivity index (χ2v) is 7.00. The van der Waals surface area contributed by atoms with E-state index < -0.39 is 0 Å². The van der Waals surface area contributed by atoms with E-state index in [1.54, 1.807) is 0 Å². The van der Waals surface area contributed by atoms with E-state index in [4.69, 9.17) is 9.47 Å². The molecule has 1 spiro atoms. The Morgan fingerprint density at radius 1 is 0.923 bits per heavy atom. The van der Waals surface area contributed by atoms with Gasteiger partial charge in [-0.1, -0.05) is 43.3 Å². The zero-order valence-corrected chi connectivity index (χ0v) is 15.2. The molecule has 0 saturated carbocycles. The van der Waals surface area contributed by atoms with Crippen molar-refractivity contribution in [2.24, 2.45) is 0 Å². The monoisotopic (exact) mass is 351 g/mol. The molecule has 26 heavy (non-hydrogen) atoms. The van der Waals surface area contributed by atoms with E-state index in [0.29, 0.717) is 6.42 Å². The summed E-state index contributed by atoms with van der Waals surface area (Å²) in [5, 5.41) is 0. The molecule has 0 radical (unpaired) electrons. The van der Waals surface area contributed by atoms with Crippen LogP contribution in [0.1, 0.15) is 36.5 Å². The molecule has 4 rings (SSSR count). The number of benzene rings is 2. The number of Topliss-reactive ketones (excluding diaryl/α,β-unsaturated/α-hetero) is 1. The van der Waals surface area contributed by atoms with E-state index in [9.17, 15) is 4.79 Å². The summed E-state index contributed by atoms with van der Waals surface area (Å²) in [6.45, 7) is 5.23. The molecule has 2 aliphatic rings. The highest BCUT2D eigenvalue weighted by Crippen LogP contribution is 2.33. The standard InChI is InChI=1S/C22H25NO3/c1-2-21(24)19-5-3-17(4-6-19)18-7-9-20(10-8-18)23-13-11-22(12-14-23)25-15-16-26-22/h3-10H,2,11-16H2,1H3. The summed E-state index contributed by atoms with van der Waals surface area (Å²) < 4.78 is 11.6. The SMILES string of the molecule is CCC(=O)c1ccc(-c2ccc(N3CCC4(CC3)OCCO4)cc2)cc1. The van der Waals surface area contributed by atoms with Crippen LogP contribution < -0.4 is 4.90 Å². The van der Waals surface area contributed by atoms with Gasteiger partial charge < -0.3 is 14.4 Å². The maximum Gasteiger partial charge on any atom is 0.171 e. The van der Waals surface area contributed by atoms with E-state index in [0.717, 1.165) is 50.3 Å². The molecule has 2 heterocycles. The number of ether oxygens (including phenoxy) is 2. The van der Waals surface area contributed by atoms with Crippen molar-refractivity contribution in [2.45, 2.75) is 32.0 Å². The third-order valence-electron chi connectivity index (χ3n) is 5.43. The number of hydrogen-bond donors (Lipinski definition) is 0. The molecule has 4 nitrogen and oxygen atoms in total. The van der Waals surface area contributed by atoms with Gasteiger partial charge in [-0.25, -0.2) is 0 Å². The Labute approximate surface area is 154 Å². The van der Waals surface area contributed by atoms with Crippen molar-refractivity contribution >= 4 is 11.5 Å². The maximum atomic E-state index is 11.8. The Balaban J connectivity index is 1.43. The second-order valence-electron chi connectivity index (χ2n) is 7.00. The normalized spacial score (nSPS) is 19.0. The van der Waals surface area contributed by atoms with Gasteiger partial charge in [-0.3, -0.25) is 4.79 Å². The van der Waals surface area contributed by atoms with E-state index in [1.807, 2.05) is 31.2 Å². The van der Waals surface area contributed by atoms with Crippen molar-refractivity contribution in [3.63, 3.8) is 0 Å². The number of carbonyl (C=O) groups excluding carboxylic acids is 1. The van der Waals surface area contributed by atoms with Gasteiger partial charge in [0.05, 0.1) is 13.2 Å². The molecule has 2 aromatic carbocycles. The van der Waals surface area contributed by atoms with Gasteiger partial charge in [-0.2, -0.15) is 0 Å². The first kappa shape index (κ1) is 17.3. The average Bonchev–Trinajstić information content (AvgIpc) is 3.16. The fraction of sp³-hybridized carbons (Fsp3) is 0.409. The largest absolute Gasteiger partial charge is 0.371 e. The van der Waals surface area contributed by atoms with Crippen LogP contribution in [0.3, 0.4) is 0 Å². The highest BCUT2D eigenvalue weighted by Gasteiger charge is 2.39. The molecule has 0 aromatic heterocycles. The Bertz CT molecular complexity index is 751. The molecule has 2 saturated heterocycles. The Morgan fingerprint density at radius 3 is 2.00 bits per heavy atom. The fourth-order valence-corrected chi connectivity index (χ4v) is 3.81. The quantitative estimate of drug-likeness (QED) is 0.770. The molecule has 0 bridgehead atoms. The maximum absolute atomic E-state index is 11.8. The van der Waals surface area contributed by atoms with Crippen LogP contribution in [0.4, 0.5) is 5.69 Å². The topological polar surface area (TPSA) is 38.8 Å². The van der Waals surface area contributed by atoms with Crippen LogP contribution in [0, 0.1) is 0 Å². The lowest BCUT2D eigenvalue weighted by atomic mass is 10.00. The van der Waals surface area contributed by atoms with E-state index in [2.05, 4.69) is 29.2 Å². The first-order valence-electron chi connectivity index (χ1n) is 9.46. The number of nitrogens with zero attached hydrogens (tertiary/aromatic N) is 1. The van der Waals surface area contributed by atoms with E-state index >= 15 is 0 Å². The van der Waals surface area contributed by atoms with Crippen LogP contribution >= 0.6 is 0 Å². The first-order valence-corrected chi connectivity index (χ1v) is 9.46. The summed E-state index contributed by atoms with van der Waals surface area (Å²) in [5.41, 5.74) is 4.32. The van der Waals surface area contributed by atoms with Crippen molar-refractivity contribution in [3.05, 3.63) is 54.1 Å². The molecule has 4 heteroatoms. The summed E-state index contributed by atoms with van der Waals surface area (Å²) in [6.07, 6.45) is 2.38. The minimum absolute atomic E-state index is 0.185. The molecule has 0 aliphatic carbocycles. The molecular formula is C22H25NO3. The number of rotatable bonds is 4. The van der Waals surface area contributed by atoms with Gasteiger partial charge in [0, 0.05) is 43.6 Å². The lowest BCUT2D eigenvalue weighted by molar-refractivity contribution is -0.169. The van der Waals surface area contributed by atoms with Crippen molar-refractivity contribution in [3.8, 4) is 11.1 Å². The minimum atomic E-state index is -0.325. The number of ketones is 1. The number of piperidine rings is 1. The Morgan fingerprint density at radius 2 is 1.46 bits per heavy atom. The molecule has 0 unspecified atom stereocenters. The zero-order chi connectivity index (χ0) is 18.0. The van der Waals surface area contributed by atoms with Crippen molar-refractivity contribution in [1.29, 1.82) is 0 Å². The van der Waals surface area contributed by atoms with Crippen LogP contribution in [0.25, 0.3) is 11.1 Å². The summed E-state index contributed by atoms with van der Waals surface area (Å²) in [5.74, 6) is -0.140. The van der Waals surface area contributed by atoms with Gasteiger partial charge in [0.2, 0.25) is 0 Å². The predicted molar refractivity (Wildman–Crippen MR) is 103 cm³/mol. The minimum Gasteiger partial charge on any atom is -0.371 e.